The standard InChI is InChI=1S/C27H30N2O7/c1-2-3-17-35-27(34)19-12-14-20(15-13-19)28-23(30)18-36-24(31)11-5-4-8-16-29-25(32)21-9-6-7-10-22(21)26(29)33/h6-7,9-10,12-15H,2-5,8,11,16-18H2,1H3,(H,28,30). The number of unbranched alkanes of at least 4 members (excludes halogenated alkanes) is 3. The van der Waals surface area contributed by atoms with Crippen LogP contribution in [0.15, 0.2) is 48.5 Å². The van der Waals surface area contributed by atoms with E-state index in [2.05, 4.69) is 5.32 Å². The number of carbonyl (C=O) groups excluding carboxylic acids is 5. The average molecular weight is 495 g/mol. The van der Waals surface area contributed by atoms with Crippen LogP contribution in [-0.2, 0) is 19.1 Å². The van der Waals surface area contributed by atoms with Gasteiger partial charge in [0.1, 0.15) is 0 Å². The van der Waals surface area contributed by atoms with Gasteiger partial charge in [0.15, 0.2) is 6.61 Å². The molecule has 2 aromatic carbocycles. The molecule has 9 heteroatoms. The third-order valence-corrected chi connectivity index (χ3v) is 5.64. The second kappa shape index (κ2) is 13.2. The second-order valence-electron chi connectivity index (χ2n) is 8.39. The molecule has 3 rings (SSSR count). The molecular formula is C27H30N2O7. The predicted octanol–water partition coefficient (Wildman–Crippen LogP) is 3.98. The third kappa shape index (κ3) is 7.24. The summed E-state index contributed by atoms with van der Waals surface area (Å²) in [5.41, 5.74) is 1.70. The number of hydrogen-bond acceptors (Lipinski definition) is 7. The summed E-state index contributed by atoms with van der Waals surface area (Å²) in [5, 5.41) is 2.60. The van der Waals surface area contributed by atoms with E-state index in [1.165, 1.54) is 4.90 Å². The Morgan fingerprint density at radius 2 is 1.50 bits per heavy atom. The molecule has 2 aromatic rings. The van der Waals surface area contributed by atoms with Crippen molar-refractivity contribution in [2.24, 2.45) is 0 Å². The minimum absolute atomic E-state index is 0.129. The van der Waals surface area contributed by atoms with Gasteiger partial charge in [-0.05, 0) is 55.7 Å². The largest absolute Gasteiger partial charge is 0.462 e. The molecule has 0 bridgehead atoms. The Kier molecular flexibility index (Phi) is 9.73. The number of amides is 3. The number of carbonyl (C=O) groups is 5. The fourth-order valence-electron chi connectivity index (χ4n) is 3.66. The Morgan fingerprint density at radius 1 is 0.833 bits per heavy atom. The summed E-state index contributed by atoms with van der Waals surface area (Å²) < 4.78 is 10.1. The molecule has 0 aromatic heterocycles. The summed E-state index contributed by atoms with van der Waals surface area (Å²) in [6.07, 6.45) is 3.57. The third-order valence-electron chi connectivity index (χ3n) is 5.64. The molecule has 0 aliphatic carbocycles. The van der Waals surface area contributed by atoms with Crippen molar-refractivity contribution in [2.75, 3.05) is 25.1 Å². The van der Waals surface area contributed by atoms with Crippen LogP contribution in [0.25, 0.3) is 0 Å². The van der Waals surface area contributed by atoms with Gasteiger partial charge in [0.05, 0.1) is 23.3 Å². The zero-order valence-corrected chi connectivity index (χ0v) is 20.3. The minimum Gasteiger partial charge on any atom is -0.462 e. The van der Waals surface area contributed by atoms with Gasteiger partial charge in [-0.3, -0.25) is 24.1 Å². The highest BCUT2D eigenvalue weighted by Crippen LogP contribution is 2.22. The summed E-state index contributed by atoms with van der Waals surface area (Å²) in [5.74, 6) is -1.99. The summed E-state index contributed by atoms with van der Waals surface area (Å²) >= 11 is 0. The van der Waals surface area contributed by atoms with Crippen molar-refractivity contribution < 1.29 is 33.4 Å². The lowest BCUT2D eigenvalue weighted by Gasteiger charge is -2.13. The van der Waals surface area contributed by atoms with Crippen molar-refractivity contribution in [3.63, 3.8) is 0 Å². The van der Waals surface area contributed by atoms with Crippen LogP contribution in [0.4, 0.5) is 5.69 Å². The Morgan fingerprint density at radius 3 is 2.14 bits per heavy atom. The maximum absolute atomic E-state index is 12.3. The first-order chi connectivity index (χ1) is 17.4. The van der Waals surface area contributed by atoms with E-state index in [0.717, 1.165) is 12.8 Å². The monoisotopic (exact) mass is 494 g/mol. The number of ether oxygens (including phenoxy) is 2. The average Bonchev–Trinajstić information content (AvgIpc) is 3.12. The SMILES string of the molecule is CCCCOC(=O)c1ccc(NC(=O)COC(=O)CCCCCN2C(=O)c3ccccc3C2=O)cc1. The van der Waals surface area contributed by atoms with Crippen LogP contribution in [0.1, 0.15) is 76.5 Å². The van der Waals surface area contributed by atoms with Gasteiger partial charge in [-0.1, -0.05) is 31.9 Å². The fourth-order valence-corrected chi connectivity index (χ4v) is 3.66. The molecule has 1 aliphatic rings. The Balaban J connectivity index is 1.29. The Bertz CT molecular complexity index is 1080. The fraction of sp³-hybridized carbons (Fsp3) is 0.370. The summed E-state index contributed by atoms with van der Waals surface area (Å²) in [7, 11) is 0. The molecule has 0 saturated carbocycles. The minimum atomic E-state index is -0.504. The van der Waals surface area contributed by atoms with Gasteiger partial charge in [0.2, 0.25) is 0 Å². The van der Waals surface area contributed by atoms with Crippen molar-refractivity contribution in [3.05, 3.63) is 65.2 Å². The van der Waals surface area contributed by atoms with Crippen molar-refractivity contribution >= 4 is 35.3 Å². The predicted molar refractivity (Wildman–Crippen MR) is 131 cm³/mol. The lowest BCUT2D eigenvalue weighted by atomic mass is 10.1. The lowest BCUT2D eigenvalue weighted by Crippen LogP contribution is -2.30. The van der Waals surface area contributed by atoms with Crippen LogP contribution < -0.4 is 5.32 Å². The van der Waals surface area contributed by atoms with E-state index in [9.17, 15) is 24.0 Å². The van der Waals surface area contributed by atoms with Crippen molar-refractivity contribution in [3.8, 4) is 0 Å². The normalized spacial score (nSPS) is 12.3. The quantitative estimate of drug-likeness (QED) is 0.254. The molecular weight excluding hydrogens is 464 g/mol. The maximum atomic E-state index is 12.3. The first-order valence-corrected chi connectivity index (χ1v) is 12.1. The molecule has 1 heterocycles. The van der Waals surface area contributed by atoms with Crippen LogP contribution in [-0.4, -0.2) is 54.3 Å². The van der Waals surface area contributed by atoms with E-state index in [1.807, 2.05) is 6.92 Å². The van der Waals surface area contributed by atoms with Crippen LogP contribution in [0.5, 0.6) is 0 Å². The topological polar surface area (TPSA) is 119 Å². The van der Waals surface area contributed by atoms with Gasteiger partial charge in [-0.2, -0.15) is 0 Å². The zero-order valence-electron chi connectivity index (χ0n) is 20.3. The number of anilines is 1. The summed E-state index contributed by atoms with van der Waals surface area (Å²) in [4.78, 5) is 61.8. The van der Waals surface area contributed by atoms with Gasteiger partial charge in [0.25, 0.3) is 17.7 Å². The van der Waals surface area contributed by atoms with E-state index >= 15 is 0 Å². The van der Waals surface area contributed by atoms with Crippen LogP contribution in [0.2, 0.25) is 0 Å². The van der Waals surface area contributed by atoms with Gasteiger partial charge < -0.3 is 14.8 Å². The number of rotatable bonds is 13. The van der Waals surface area contributed by atoms with E-state index in [1.54, 1.807) is 48.5 Å². The van der Waals surface area contributed by atoms with Gasteiger partial charge in [0, 0.05) is 18.7 Å². The lowest BCUT2D eigenvalue weighted by molar-refractivity contribution is -0.147. The van der Waals surface area contributed by atoms with Gasteiger partial charge in [-0.25, -0.2) is 4.79 Å². The number of nitrogens with zero attached hydrogens (tertiary/aromatic N) is 1. The number of benzene rings is 2. The first-order valence-electron chi connectivity index (χ1n) is 12.1. The molecule has 3 amide bonds. The molecule has 0 spiro atoms. The molecule has 1 N–H and O–H groups in total. The van der Waals surface area contributed by atoms with Crippen molar-refractivity contribution in [2.45, 2.75) is 45.4 Å². The van der Waals surface area contributed by atoms with Crippen molar-refractivity contribution in [1.29, 1.82) is 0 Å². The number of esters is 2. The van der Waals surface area contributed by atoms with Gasteiger partial charge >= 0.3 is 11.9 Å². The summed E-state index contributed by atoms with van der Waals surface area (Å²) in [6, 6.07) is 13.0. The highest BCUT2D eigenvalue weighted by Gasteiger charge is 2.34. The van der Waals surface area contributed by atoms with E-state index in [4.69, 9.17) is 9.47 Å². The Hall–Kier alpha value is -4.01. The number of imide groups is 1. The molecule has 190 valence electrons. The van der Waals surface area contributed by atoms with Crippen LogP contribution in [0, 0.1) is 0 Å². The Labute approximate surface area is 209 Å². The smallest absolute Gasteiger partial charge is 0.338 e. The molecule has 9 nitrogen and oxygen atoms in total. The highest BCUT2D eigenvalue weighted by atomic mass is 16.5. The zero-order chi connectivity index (χ0) is 25.9. The molecule has 1 aliphatic heterocycles. The highest BCUT2D eigenvalue weighted by molar-refractivity contribution is 6.21. The number of fused-ring (bicyclic) bond motifs is 1. The molecule has 0 saturated heterocycles. The van der Waals surface area contributed by atoms with E-state index in [-0.39, 0.29) is 18.2 Å². The first kappa shape index (κ1) is 26.6. The molecule has 0 radical (unpaired) electrons. The van der Waals surface area contributed by atoms with E-state index in [0.29, 0.717) is 54.8 Å². The molecule has 36 heavy (non-hydrogen) atoms. The number of hydrogen-bond donors (Lipinski definition) is 1. The van der Waals surface area contributed by atoms with Crippen molar-refractivity contribution in [1.82, 2.24) is 4.90 Å². The second-order valence-corrected chi connectivity index (χ2v) is 8.39. The molecule has 0 atom stereocenters. The maximum Gasteiger partial charge on any atom is 0.338 e. The van der Waals surface area contributed by atoms with Gasteiger partial charge in [-0.15, -0.1) is 0 Å². The van der Waals surface area contributed by atoms with Crippen LogP contribution >= 0.6 is 0 Å². The number of nitrogens with one attached hydrogen (secondary N) is 1. The summed E-state index contributed by atoms with van der Waals surface area (Å²) in [6.45, 7) is 2.24. The van der Waals surface area contributed by atoms with Crippen LogP contribution in [0.3, 0.4) is 0 Å². The molecule has 0 unspecified atom stereocenters. The van der Waals surface area contributed by atoms with E-state index < -0.39 is 24.5 Å². The molecule has 0 fully saturated rings.